The lowest BCUT2D eigenvalue weighted by Gasteiger charge is -2.32. The topological polar surface area (TPSA) is 53.6 Å². The van der Waals surface area contributed by atoms with E-state index in [1.54, 1.807) is 0 Å². The van der Waals surface area contributed by atoms with Gasteiger partial charge in [0.1, 0.15) is 0 Å². The van der Waals surface area contributed by atoms with Gasteiger partial charge in [-0.2, -0.15) is 0 Å². The fourth-order valence-electron chi connectivity index (χ4n) is 2.83. The minimum absolute atomic E-state index is 0.537. The Balaban J connectivity index is 1.68. The lowest BCUT2D eigenvalue weighted by molar-refractivity contribution is 0.178. The fraction of sp³-hybridized carbons (Fsp3) is 0.526. The molecule has 1 aliphatic heterocycles. The Hall–Kier alpha value is -1.81. The highest BCUT2D eigenvalue weighted by Gasteiger charge is 2.19. The van der Waals surface area contributed by atoms with Crippen LogP contribution in [-0.4, -0.2) is 37.0 Å². The molecule has 0 aliphatic carbocycles. The summed E-state index contributed by atoms with van der Waals surface area (Å²) in [6.45, 7) is 12.8. The van der Waals surface area contributed by atoms with E-state index in [0.29, 0.717) is 18.4 Å². The molecule has 1 aromatic carbocycles. The summed E-state index contributed by atoms with van der Waals surface area (Å²) >= 11 is 0. The minimum atomic E-state index is 0.537. The van der Waals surface area contributed by atoms with E-state index in [1.807, 2.05) is 6.92 Å². The summed E-state index contributed by atoms with van der Waals surface area (Å²) in [7, 11) is 0. The molecule has 0 amide bonds. The van der Waals surface area contributed by atoms with Crippen molar-refractivity contribution in [3.05, 3.63) is 47.5 Å². The maximum atomic E-state index is 5.87. The molecule has 0 radical (unpaired) electrons. The second-order valence-electron chi connectivity index (χ2n) is 6.74. The number of hydrogen-bond acceptors (Lipinski definition) is 2. The zero-order chi connectivity index (χ0) is 16.7. The number of rotatable bonds is 6. The molecule has 0 aromatic heterocycles. The van der Waals surface area contributed by atoms with E-state index in [-0.39, 0.29) is 0 Å². The van der Waals surface area contributed by atoms with E-state index in [2.05, 4.69) is 53.0 Å². The zero-order valence-corrected chi connectivity index (χ0v) is 14.5. The number of aryl methyl sites for hydroxylation is 1. The molecule has 1 aliphatic rings. The van der Waals surface area contributed by atoms with Crippen LogP contribution < -0.4 is 11.1 Å². The van der Waals surface area contributed by atoms with Gasteiger partial charge in [-0.15, -0.1) is 0 Å². The normalized spacial score (nSPS) is 17.2. The lowest BCUT2D eigenvalue weighted by Crippen LogP contribution is -2.40. The van der Waals surface area contributed by atoms with Crippen molar-refractivity contribution >= 4 is 5.96 Å². The Labute approximate surface area is 140 Å². The maximum Gasteiger partial charge on any atom is 0.188 e. The Morgan fingerprint density at radius 1 is 1.30 bits per heavy atom. The summed E-state index contributed by atoms with van der Waals surface area (Å²) in [5, 5.41) is 3.25. The minimum Gasteiger partial charge on any atom is -0.370 e. The summed E-state index contributed by atoms with van der Waals surface area (Å²) in [6, 6.07) is 8.86. The highest BCUT2D eigenvalue weighted by molar-refractivity contribution is 5.77. The van der Waals surface area contributed by atoms with Crippen LogP contribution in [0.5, 0.6) is 0 Å². The highest BCUT2D eigenvalue weighted by atomic mass is 15.1. The molecule has 0 spiro atoms. The number of hydrogen-bond donors (Lipinski definition) is 2. The first-order chi connectivity index (χ1) is 11.0. The van der Waals surface area contributed by atoms with Crippen molar-refractivity contribution in [3.63, 3.8) is 0 Å². The molecule has 126 valence electrons. The van der Waals surface area contributed by atoms with Crippen molar-refractivity contribution in [1.82, 2.24) is 10.2 Å². The third kappa shape index (κ3) is 6.45. The number of guanidine groups is 1. The van der Waals surface area contributed by atoms with E-state index in [0.717, 1.165) is 31.8 Å². The second kappa shape index (κ2) is 8.73. The maximum absolute atomic E-state index is 5.87. The third-order valence-corrected chi connectivity index (χ3v) is 4.33. The molecule has 1 fully saturated rings. The van der Waals surface area contributed by atoms with Crippen molar-refractivity contribution in [2.75, 3.05) is 26.2 Å². The molecular formula is C19H30N4. The summed E-state index contributed by atoms with van der Waals surface area (Å²) < 4.78 is 0. The van der Waals surface area contributed by atoms with Gasteiger partial charge in [0.05, 0.1) is 6.54 Å². The van der Waals surface area contributed by atoms with Crippen LogP contribution in [0, 0.1) is 12.8 Å². The molecule has 23 heavy (non-hydrogen) atoms. The summed E-state index contributed by atoms with van der Waals surface area (Å²) in [4.78, 5) is 6.80. The number of nitrogens with zero attached hydrogens (tertiary/aromatic N) is 2. The third-order valence-electron chi connectivity index (χ3n) is 4.33. The number of piperidine rings is 1. The first-order valence-electron chi connectivity index (χ1n) is 8.49. The number of aliphatic imine (C=N–C) groups is 1. The average molecular weight is 314 g/mol. The summed E-state index contributed by atoms with van der Waals surface area (Å²) in [6.07, 6.45) is 2.43. The molecule has 4 nitrogen and oxygen atoms in total. The van der Waals surface area contributed by atoms with E-state index in [4.69, 9.17) is 5.73 Å². The van der Waals surface area contributed by atoms with E-state index < -0.39 is 0 Å². The average Bonchev–Trinajstić information content (AvgIpc) is 2.54. The van der Waals surface area contributed by atoms with Gasteiger partial charge >= 0.3 is 0 Å². The number of nitrogens with one attached hydrogen (secondary N) is 1. The smallest absolute Gasteiger partial charge is 0.188 e. The molecule has 0 bridgehead atoms. The largest absolute Gasteiger partial charge is 0.370 e. The molecule has 3 N–H and O–H groups in total. The van der Waals surface area contributed by atoms with Gasteiger partial charge in [-0.3, -0.25) is 4.90 Å². The molecule has 1 saturated heterocycles. The van der Waals surface area contributed by atoms with Crippen molar-refractivity contribution < 1.29 is 0 Å². The van der Waals surface area contributed by atoms with Crippen LogP contribution >= 0.6 is 0 Å². The molecule has 2 rings (SSSR count). The van der Waals surface area contributed by atoms with E-state index in [1.165, 1.54) is 24.0 Å². The highest BCUT2D eigenvalue weighted by Crippen LogP contribution is 2.18. The predicted molar refractivity (Wildman–Crippen MR) is 98.5 cm³/mol. The van der Waals surface area contributed by atoms with Gasteiger partial charge in [0.15, 0.2) is 5.96 Å². The van der Waals surface area contributed by atoms with Gasteiger partial charge in [-0.25, -0.2) is 4.99 Å². The van der Waals surface area contributed by atoms with Crippen LogP contribution in [0.25, 0.3) is 0 Å². The standard InChI is InChI=1S/C19H30N4/c1-15(2)12-21-19(20)22-13-17-8-10-23(11-9-17)14-18-6-4-16(3)5-7-18/h4-7,17H,1,8-14H2,2-3H3,(H3,20,21,22). The second-order valence-corrected chi connectivity index (χ2v) is 6.74. The van der Waals surface area contributed by atoms with Crippen molar-refractivity contribution in [2.24, 2.45) is 16.6 Å². The summed E-state index contributed by atoms with van der Waals surface area (Å²) in [5.74, 6) is 1.22. The molecule has 0 atom stereocenters. The van der Waals surface area contributed by atoms with Crippen LogP contribution in [0.2, 0.25) is 0 Å². The van der Waals surface area contributed by atoms with E-state index in [9.17, 15) is 0 Å². The zero-order valence-electron chi connectivity index (χ0n) is 14.5. The van der Waals surface area contributed by atoms with Crippen LogP contribution in [0.3, 0.4) is 0 Å². The van der Waals surface area contributed by atoms with Crippen LogP contribution in [0.15, 0.2) is 41.4 Å². The van der Waals surface area contributed by atoms with Crippen LogP contribution in [0.4, 0.5) is 0 Å². The summed E-state index contributed by atoms with van der Waals surface area (Å²) in [5.41, 5.74) is 9.62. The first-order valence-corrected chi connectivity index (χ1v) is 8.49. The van der Waals surface area contributed by atoms with Crippen LogP contribution in [0.1, 0.15) is 30.9 Å². The number of benzene rings is 1. The molecule has 1 aromatic rings. The van der Waals surface area contributed by atoms with Crippen LogP contribution in [-0.2, 0) is 6.54 Å². The van der Waals surface area contributed by atoms with Gasteiger partial charge < -0.3 is 11.1 Å². The van der Waals surface area contributed by atoms with Gasteiger partial charge in [0.2, 0.25) is 0 Å². The van der Waals surface area contributed by atoms with E-state index >= 15 is 0 Å². The van der Waals surface area contributed by atoms with Crippen molar-refractivity contribution in [3.8, 4) is 0 Å². The van der Waals surface area contributed by atoms with Gasteiger partial charge in [-0.1, -0.05) is 42.0 Å². The quantitative estimate of drug-likeness (QED) is 0.482. The Morgan fingerprint density at radius 3 is 2.57 bits per heavy atom. The monoisotopic (exact) mass is 314 g/mol. The number of likely N-dealkylation sites (tertiary alicyclic amines) is 1. The van der Waals surface area contributed by atoms with Gasteiger partial charge in [-0.05, 0) is 51.3 Å². The predicted octanol–water partition coefficient (Wildman–Crippen LogP) is 2.69. The fourth-order valence-corrected chi connectivity index (χ4v) is 2.83. The molecule has 4 heteroatoms. The molecule has 0 saturated carbocycles. The first kappa shape index (κ1) is 17.5. The van der Waals surface area contributed by atoms with Gasteiger partial charge in [0.25, 0.3) is 0 Å². The lowest BCUT2D eigenvalue weighted by atomic mass is 9.96. The Kier molecular flexibility index (Phi) is 6.66. The molecule has 0 unspecified atom stereocenters. The SMILES string of the molecule is C=C(C)CN=C(N)NCC1CCN(Cc2ccc(C)cc2)CC1. The Morgan fingerprint density at radius 2 is 1.96 bits per heavy atom. The van der Waals surface area contributed by atoms with Crippen molar-refractivity contribution in [2.45, 2.75) is 33.2 Å². The van der Waals surface area contributed by atoms with Crippen molar-refractivity contribution in [1.29, 1.82) is 0 Å². The molecule has 1 heterocycles. The molecular weight excluding hydrogens is 284 g/mol. The number of nitrogens with two attached hydrogens (primary N) is 1. The Bertz CT molecular complexity index is 525. The van der Waals surface area contributed by atoms with Gasteiger partial charge in [0, 0.05) is 13.1 Å².